The lowest BCUT2D eigenvalue weighted by atomic mass is 10.1. The number of ether oxygens (including phenoxy) is 2. The lowest BCUT2D eigenvalue weighted by Gasteiger charge is -2.17. The van der Waals surface area contributed by atoms with Gasteiger partial charge in [-0.25, -0.2) is 4.79 Å². The van der Waals surface area contributed by atoms with Gasteiger partial charge < -0.3 is 23.9 Å². The number of aromatic nitrogens is 1. The van der Waals surface area contributed by atoms with Gasteiger partial charge in [0.15, 0.2) is 11.7 Å². The fourth-order valence-electron chi connectivity index (χ4n) is 3.42. The number of aliphatic carboxylic acids is 1. The van der Waals surface area contributed by atoms with Gasteiger partial charge in [0, 0.05) is 13.5 Å². The highest BCUT2D eigenvalue weighted by Crippen LogP contribution is 2.30. The number of anilines is 1. The van der Waals surface area contributed by atoms with Gasteiger partial charge in [0.25, 0.3) is 6.01 Å². The number of alkyl halides is 3. The zero-order valence-electron chi connectivity index (χ0n) is 19.2. The Balaban J connectivity index is 1.29. The maximum atomic E-state index is 12.7. The number of carboxylic acids is 1. The van der Waals surface area contributed by atoms with Crippen LogP contribution in [0.1, 0.15) is 11.1 Å². The Labute approximate surface area is 204 Å². The van der Waals surface area contributed by atoms with Crippen molar-refractivity contribution in [2.75, 3.05) is 25.1 Å². The first-order valence-electron chi connectivity index (χ1n) is 11.0. The van der Waals surface area contributed by atoms with Crippen LogP contribution in [0.5, 0.6) is 11.5 Å². The lowest BCUT2D eigenvalue weighted by molar-refractivity contribution is -0.145. The molecule has 0 aliphatic heterocycles. The van der Waals surface area contributed by atoms with Crippen molar-refractivity contribution in [2.45, 2.75) is 18.7 Å². The van der Waals surface area contributed by atoms with Crippen LogP contribution in [0.15, 0.2) is 77.2 Å². The van der Waals surface area contributed by atoms with E-state index in [0.29, 0.717) is 36.1 Å². The third kappa shape index (κ3) is 6.26. The van der Waals surface area contributed by atoms with Crippen molar-refractivity contribution in [2.24, 2.45) is 0 Å². The predicted molar refractivity (Wildman–Crippen MR) is 126 cm³/mol. The van der Waals surface area contributed by atoms with E-state index in [1.807, 2.05) is 36.2 Å². The smallest absolute Gasteiger partial charge is 0.416 e. The second-order valence-corrected chi connectivity index (χ2v) is 8.05. The van der Waals surface area contributed by atoms with Gasteiger partial charge >= 0.3 is 12.1 Å². The highest BCUT2D eigenvalue weighted by molar-refractivity contribution is 5.74. The molecule has 10 heteroatoms. The van der Waals surface area contributed by atoms with Crippen molar-refractivity contribution < 1.29 is 37.0 Å². The van der Waals surface area contributed by atoms with Gasteiger partial charge in [0.1, 0.15) is 23.6 Å². The zero-order chi connectivity index (χ0) is 25.7. The number of rotatable bonds is 10. The van der Waals surface area contributed by atoms with Crippen molar-refractivity contribution in [3.8, 4) is 11.5 Å². The van der Waals surface area contributed by atoms with E-state index in [-0.39, 0.29) is 12.2 Å². The second-order valence-electron chi connectivity index (χ2n) is 8.05. The van der Waals surface area contributed by atoms with Crippen molar-refractivity contribution in [1.82, 2.24) is 4.98 Å². The van der Waals surface area contributed by atoms with Crippen LogP contribution in [-0.4, -0.2) is 42.4 Å². The van der Waals surface area contributed by atoms with Gasteiger partial charge in [-0.15, -0.1) is 0 Å². The first-order chi connectivity index (χ1) is 17.2. The van der Waals surface area contributed by atoms with E-state index in [1.54, 1.807) is 24.3 Å². The Bertz CT molecular complexity index is 1270. The summed E-state index contributed by atoms with van der Waals surface area (Å²) in [5.74, 6) is -0.587. The minimum absolute atomic E-state index is 0.0249. The van der Waals surface area contributed by atoms with Crippen LogP contribution in [0.4, 0.5) is 19.2 Å². The standard InChI is InChI=1S/C26H23F3N2O5/c1-31(25-30-21-4-2-3-5-22(21)36-25)14-15-34-19-10-6-17(7-11-19)16-23(24(32)33)35-20-12-8-18(9-13-20)26(27,28)29/h2-13,23H,14-16H2,1H3,(H,32,33)/t23-/m0/s1. The number of oxazole rings is 1. The van der Waals surface area contributed by atoms with E-state index in [9.17, 15) is 23.1 Å². The van der Waals surface area contributed by atoms with E-state index in [2.05, 4.69) is 4.98 Å². The number of carbonyl (C=O) groups is 1. The lowest BCUT2D eigenvalue weighted by Crippen LogP contribution is -2.29. The molecular weight excluding hydrogens is 477 g/mol. The Morgan fingerprint density at radius 1 is 1.03 bits per heavy atom. The van der Waals surface area contributed by atoms with Crippen LogP contribution in [0.25, 0.3) is 11.1 Å². The number of halogens is 3. The number of carboxylic acid groups (broad SMARTS) is 1. The molecule has 0 aliphatic rings. The van der Waals surface area contributed by atoms with Crippen LogP contribution in [0.3, 0.4) is 0 Å². The zero-order valence-corrected chi connectivity index (χ0v) is 19.2. The van der Waals surface area contributed by atoms with Gasteiger partial charge in [0.2, 0.25) is 0 Å². The van der Waals surface area contributed by atoms with E-state index >= 15 is 0 Å². The fraction of sp³-hybridized carbons (Fsp3) is 0.231. The molecule has 0 saturated heterocycles. The highest BCUT2D eigenvalue weighted by Gasteiger charge is 2.30. The topological polar surface area (TPSA) is 85.0 Å². The average Bonchev–Trinajstić information content (AvgIpc) is 3.29. The summed E-state index contributed by atoms with van der Waals surface area (Å²) in [4.78, 5) is 17.9. The molecule has 0 fully saturated rings. The predicted octanol–water partition coefficient (Wildman–Crippen LogP) is 5.44. The molecule has 0 amide bonds. The number of nitrogens with zero attached hydrogens (tertiary/aromatic N) is 2. The normalized spacial score (nSPS) is 12.3. The van der Waals surface area contributed by atoms with E-state index in [4.69, 9.17) is 13.9 Å². The molecule has 0 spiro atoms. The van der Waals surface area contributed by atoms with E-state index in [1.165, 1.54) is 0 Å². The molecule has 1 aromatic heterocycles. The number of benzene rings is 3. The summed E-state index contributed by atoms with van der Waals surface area (Å²) in [6.07, 6.45) is -5.72. The highest BCUT2D eigenvalue weighted by atomic mass is 19.4. The summed E-state index contributed by atoms with van der Waals surface area (Å²) >= 11 is 0. The first-order valence-corrected chi connectivity index (χ1v) is 11.0. The van der Waals surface area contributed by atoms with E-state index < -0.39 is 23.8 Å². The Kier molecular flexibility index (Phi) is 7.33. The number of hydrogen-bond donors (Lipinski definition) is 1. The minimum Gasteiger partial charge on any atom is -0.492 e. The quantitative estimate of drug-likeness (QED) is 0.311. The molecule has 4 rings (SSSR count). The third-order valence-corrected chi connectivity index (χ3v) is 5.38. The molecule has 4 aromatic rings. The summed E-state index contributed by atoms with van der Waals surface area (Å²) in [6, 6.07) is 18.7. The summed E-state index contributed by atoms with van der Waals surface area (Å²) < 4.78 is 55.0. The number of hydrogen-bond acceptors (Lipinski definition) is 6. The molecule has 36 heavy (non-hydrogen) atoms. The average molecular weight is 500 g/mol. The molecule has 1 heterocycles. The maximum Gasteiger partial charge on any atom is 0.416 e. The van der Waals surface area contributed by atoms with Gasteiger partial charge in [-0.1, -0.05) is 24.3 Å². The Hall–Kier alpha value is -4.21. The van der Waals surface area contributed by atoms with Crippen LogP contribution in [0.2, 0.25) is 0 Å². The third-order valence-electron chi connectivity index (χ3n) is 5.38. The van der Waals surface area contributed by atoms with Crippen molar-refractivity contribution in [1.29, 1.82) is 0 Å². The molecule has 0 bridgehead atoms. The summed E-state index contributed by atoms with van der Waals surface area (Å²) in [6.45, 7) is 0.889. The minimum atomic E-state index is -4.48. The molecule has 188 valence electrons. The summed E-state index contributed by atoms with van der Waals surface area (Å²) in [5.41, 5.74) is 1.32. The van der Waals surface area contributed by atoms with Crippen LogP contribution >= 0.6 is 0 Å². The van der Waals surface area contributed by atoms with Gasteiger partial charge in [-0.2, -0.15) is 18.2 Å². The van der Waals surface area contributed by atoms with Crippen LogP contribution in [-0.2, 0) is 17.4 Å². The maximum absolute atomic E-state index is 12.7. The molecule has 7 nitrogen and oxygen atoms in total. The van der Waals surface area contributed by atoms with Crippen LogP contribution in [0, 0.1) is 0 Å². The summed E-state index contributed by atoms with van der Waals surface area (Å²) in [5, 5.41) is 9.50. The molecule has 0 radical (unpaired) electrons. The fourth-order valence-corrected chi connectivity index (χ4v) is 3.42. The van der Waals surface area contributed by atoms with Crippen molar-refractivity contribution in [3.05, 3.63) is 83.9 Å². The Morgan fingerprint density at radius 2 is 1.69 bits per heavy atom. The molecule has 0 aliphatic carbocycles. The van der Waals surface area contributed by atoms with Gasteiger partial charge in [0.05, 0.1) is 12.1 Å². The number of fused-ring (bicyclic) bond motifs is 1. The van der Waals surface area contributed by atoms with Gasteiger partial charge in [-0.05, 0) is 54.1 Å². The second kappa shape index (κ2) is 10.6. The molecule has 1 atom stereocenters. The van der Waals surface area contributed by atoms with Crippen molar-refractivity contribution in [3.63, 3.8) is 0 Å². The van der Waals surface area contributed by atoms with Gasteiger partial charge in [-0.3, -0.25) is 0 Å². The summed E-state index contributed by atoms with van der Waals surface area (Å²) in [7, 11) is 1.85. The Morgan fingerprint density at radius 3 is 2.33 bits per heavy atom. The van der Waals surface area contributed by atoms with Crippen molar-refractivity contribution >= 4 is 23.1 Å². The molecule has 0 saturated carbocycles. The molecule has 3 aromatic carbocycles. The SMILES string of the molecule is CN(CCOc1ccc(C[C@H](Oc2ccc(C(F)(F)F)cc2)C(=O)O)cc1)c1nc2ccccc2o1. The largest absolute Gasteiger partial charge is 0.492 e. The molecular formula is C26H23F3N2O5. The number of para-hydroxylation sites is 2. The molecule has 1 N–H and O–H groups in total. The van der Waals surface area contributed by atoms with Crippen LogP contribution < -0.4 is 14.4 Å². The molecule has 0 unspecified atom stereocenters. The number of likely N-dealkylation sites (N-methyl/N-ethyl adjacent to an activating group) is 1. The monoisotopic (exact) mass is 500 g/mol. The first kappa shape index (κ1) is 24.9. The van der Waals surface area contributed by atoms with E-state index in [0.717, 1.165) is 29.8 Å².